The van der Waals surface area contributed by atoms with E-state index in [9.17, 15) is 9.59 Å². The van der Waals surface area contributed by atoms with Gasteiger partial charge in [-0.15, -0.1) is 0 Å². The molecule has 3 rings (SSSR count). The van der Waals surface area contributed by atoms with E-state index in [1.54, 1.807) is 30.5 Å². The summed E-state index contributed by atoms with van der Waals surface area (Å²) < 4.78 is 2.07. The van der Waals surface area contributed by atoms with Crippen LogP contribution in [0.1, 0.15) is 34.4 Å². The monoisotopic (exact) mass is 362 g/mol. The highest BCUT2D eigenvalue weighted by Gasteiger charge is 2.16. The van der Waals surface area contributed by atoms with Crippen molar-refractivity contribution in [2.45, 2.75) is 27.3 Å². The zero-order valence-electron chi connectivity index (χ0n) is 15.6. The molecule has 0 aliphatic rings. The van der Waals surface area contributed by atoms with E-state index in [0.717, 1.165) is 17.1 Å². The number of benzene rings is 1. The number of pyridine rings is 1. The normalized spacial score (nSPS) is 10.5. The molecule has 2 aromatic heterocycles. The van der Waals surface area contributed by atoms with Gasteiger partial charge >= 0.3 is 0 Å². The smallest absolute Gasteiger partial charge is 0.257 e. The Hall–Kier alpha value is -3.41. The number of hydrogen-bond donors (Lipinski definition) is 2. The number of carbonyl (C=O) groups excluding carboxylic acids is 2. The fraction of sp³-hybridized carbons (Fsp3) is 0.190. The Morgan fingerprint density at radius 2 is 1.74 bits per heavy atom. The topological polar surface area (TPSA) is 76.0 Å². The molecule has 2 amide bonds. The number of nitrogens with one attached hydrogen (secondary N) is 2. The van der Waals surface area contributed by atoms with Gasteiger partial charge in [-0.2, -0.15) is 0 Å². The molecule has 0 saturated heterocycles. The molecule has 0 radical (unpaired) electrons. The maximum Gasteiger partial charge on any atom is 0.257 e. The molecule has 3 aromatic rings. The average Bonchev–Trinajstić information content (AvgIpc) is 2.91. The summed E-state index contributed by atoms with van der Waals surface area (Å²) in [6.45, 7) is 5.97. The van der Waals surface area contributed by atoms with Crippen molar-refractivity contribution in [3.8, 4) is 0 Å². The second-order valence-corrected chi connectivity index (χ2v) is 6.41. The van der Waals surface area contributed by atoms with Crippen molar-refractivity contribution in [1.29, 1.82) is 0 Å². The quantitative estimate of drug-likeness (QED) is 0.726. The van der Waals surface area contributed by atoms with Crippen LogP contribution in [0.4, 0.5) is 11.4 Å². The van der Waals surface area contributed by atoms with Crippen molar-refractivity contribution in [2.75, 3.05) is 10.6 Å². The molecule has 0 unspecified atom stereocenters. The molecule has 0 aliphatic heterocycles. The van der Waals surface area contributed by atoms with E-state index in [1.807, 2.05) is 38.1 Å². The molecule has 6 nitrogen and oxygen atoms in total. The van der Waals surface area contributed by atoms with Crippen LogP contribution in [0.25, 0.3) is 0 Å². The number of nitrogens with zero attached hydrogens (tertiary/aromatic N) is 2. The second-order valence-electron chi connectivity index (χ2n) is 6.41. The van der Waals surface area contributed by atoms with Crippen molar-refractivity contribution in [1.82, 2.24) is 9.55 Å². The van der Waals surface area contributed by atoms with Gasteiger partial charge in [0.2, 0.25) is 5.91 Å². The van der Waals surface area contributed by atoms with Crippen LogP contribution in [0.3, 0.4) is 0 Å². The third-order valence-corrected chi connectivity index (χ3v) is 4.31. The zero-order chi connectivity index (χ0) is 19.4. The number of amides is 2. The van der Waals surface area contributed by atoms with Crippen LogP contribution in [-0.2, 0) is 11.3 Å². The largest absolute Gasteiger partial charge is 0.342 e. The third-order valence-electron chi connectivity index (χ3n) is 4.31. The van der Waals surface area contributed by atoms with Crippen molar-refractivity contribution in [3.63, 3.8) is 0 Å². The molecule has 2 N–H and O–H groups in total. The molecule has 0 bridgehead atoms. The predicted octanol–water partition coefficient (Wildman–Crippen LogP) is 3.76. The fourth-order valence-corrected chi connectivity index (χ4v) is 3.00. The Labute approximate surface area is 158 Å². The summed E-state index contributed by atoms with van der Waals surface area (Å²) in [5.74, 6) is -0.341. The van der Waals surface area contributed by atoms with Gasteiger partial charge in [-0.25, -0.2) is 0 Å². The summed E-state index contributed by atoms with van der Waals surface area (Å²) >= 11 is 0. The van der Waals surface area contributed by atoms with Gasteiger partial charge in [0.05, 0.1) is 17.8 Å². The van der Waals surface area contributed by atoms with Gasteiger partial charge in [0.25, 0.3) is 5.91 Å². The van der Waals surface area contributed by atoms with Crippen LogP contribution in [0.15, 0.2) is 54.7 Å². The highest BCUT2D eigenvalue weighted by atomic mass is 16.2. The molecule has 0 atom stereocenters. The molecule has 27 heavy (non-hydrogen) atoms. The maximum absolute atomic E-state index is 12.8. The van der Waals surface area contributed by atoms with E-state index < -0.39 is 0 Å². The summed E-state index contributed by atoms with van der Waals surface area (Å²) in [7, 11) is 0. The zero-order valence-corrected chi connectivity index (χ0v) is 15.6. The molecule has 6 heteroatoms. The number of aromatic nitrogens is 2. The van der Waals surface area contributed by atoms with Crippen LogP contribution < -0.4 is 10.6 Å². The number of carbonyl (C=O) groups is 2. The Morgan fingerprint density at radius 3 is 2.41 bits per heavy atom. The van der Waals surface area contributed by atoms with Crippen molar-refractivity contribution >= 4 is 23.2 Å². The van der Waals surface area contributed by atoms with E-state index in [4.69, 9.17) is 0 Å². The predicted molar refractivity (Wildman–Crippen MR) is 106 cm³/mol. The van der Waals surface area contributed by atoms with Crippen LogP contribution in [0, 0.1) is 13.8 Å². The molecule has 0 aliphatic carbocycles. The first kappa shape index (κ1) is 18.4. The lowest BCUT2D eigenvalue weighted by Crippen LogP contribution is -2.14. The fourth-order valence-electron chi connectivity index (χ4n) is 3.00. The standard InChI is InChI=1S/C21H22N4O2/c1-14-11-20(15(2)25(14)13-19-7-4-5-10-22-19)21(27)24-18-9-6-8-17(12-18)23-16(3)26/h4-12H,13H2,1-3H3,(H,23,26)(H,24,27). The molecule has 138 valence electrons. The van der Waals surface area contributed by atoms with E-state index in [2.05, 4.69) is 20.2 Å². The Bertz CT molecular complexity index is 977. The van der Waals surface area contributed by atoms with Gasteiger partial charge in [-0.3, -0.25) is 14.6 Å². The number of anilines is 2. The minimum absolute atomic E-state index is 0.156. The summed E-state index contributed by atoms with van der Waals surface area (Å²) in [5, 5.41) is 5.61. The number of hydrogen-bond acceptors (Lipinski definition) is 3. The average molecular weight is 362 g/mol. The molecule has 0 saturated carbocycles. The van der Waals surface area contributed by atoms with Crippen LogP contribution in [-0.4, -0.2) is 21.4 Å². The van der Waals surface area contributed by atoms with Crippen LogP contribution in [0.5, 0.6) is 0 Å². The van der Waals surface area contributed by atoms with Crippen molar-refractivity contribution in [3.05, 3.63) is 77.4 Å². The van der Waals surface area contributed by atoms with Gasteiger partial charge in [-0.05, 0) is 50.2 Å². The SMILES string of the molecule is CC(=O)Nc1cccc(NC(=O)c2cc(C)n(Cc3ccccn3)c2C)c1. The lowest BCUT2D eigenvalue weighted by molar-refractivity contribution is -0.114. The molecular weight excluding hydrogens is 340 g/mol. The summed E-state index contributed by atoms with van der Waals surface area (Å²) in [6, 6.07) is 14.8. The van der Waals surface area contributed by atoms with Gasteiger partial charge in [0.1, 0.15) is 0 Å². The lowest BCUT2D eigenvalue weighted by Gasteiger charge is -2.10. The van der Waals surface area contributed by atoms with Gasteiger partial charge in [0, 0.05) is 35.9 Å². The van der Waals surface area contributed by atoms with Crippen molar-refractivity contribution < 1.29 is 9.59 Å². The molecule has 1 aromatic carbocycles. The molecule has 2 heterocycles. The van der Waals surface area contributed by atoms with E-state index in [0.29, 0.717) is 23.5 Å². The first-order valence-corrected chi connectivity index (χ1v) is 8.69. The van der Waals surface area contributed by atoms with E-state index in [-0.39, 0.29) is 11.8 Å². The molecular formula is C21H22N4O2. The van der Waals surface area contributed by atoms with Gasteiger partial charge in [-0.1, -0.05) is 12.1 Å². The summed E-state index contributed by atoms with van der Waals surface area (Å²) in [6.07, 6.45) is 1.76. The van der Waals surface area contributed by atoms with Crippen LogP contribution >= 0.6 is 0 Å². The Morgan fingerprint density at radius 1 is 1.00 bits per heavy atom. The minimum Gasteiger partial charge on any atom is -0.342 e. The Kier molecular flexibility index (Phi) is 5.35. The Balaban J connectivity index is 1.79. The van der Waals surface area contributed by atoms with E-state index >= 15 is 0 Å². The van der Waals surface area contributed by atoms with Gasteiger partial charge < -0.3 is 15.2 Å². The van der Waals surface area contributed by atoms with Crippen LogP contribution in [0.2, 0.25) is 0 Å². The number of rotatable bonds is 5. The van der Waals surface area contributed by atoms with Crippen molar-refractivity contribution in [2.24, 2.45) is 0 Å². The maximum atomic E-state index is 12.8. The highest BCUT2D eigenvalue weighted by molar-refractivity contribution is 6.05. The molecule has 0 spiro atoms. The molecule has 0 fully saturated rings. The lowest BCUT2D eigenvalue weighted by atomic mass is 10.2. The third kappa shape index (κ3) is 4.41. The summed E-state index contributed by atoms with van der Waals surface area (Å²) in [4.78, 5) is 28.3. The number of aryl methyl sites for hydroxylation is 1. The first-order chi connectivity index (χ1) is 12.9. The van der Waals surface area contributed by atoms with Gasteiger partial charge in [0.15, 0.2) is 0 Å². The summed E-state index contributed by atoms with van der Waals surface area (Å²) in [5.41, 5.74) is 4.70. The minimum atomic E-state index is -0.185. The second kappa shape index (κ2) is 7.86. The van der Waals surface area contributed by atoms with E-state index in [1.165, 1.54) is 6.92 Å². The first-order valence-electron chi connectivity index (χ1n) is 8.69. The highest BCUT2D eigenvalue weighted by Crippen LogP contribution is 2.20.